The molecule has 1 aliphatic rings. The third kappa shape index (κ3) is 4.28. The van der Waals surface area contributed by atoms with Crippen molar-refractivity contribution in [1.29, 1.82) is 0 Å². The van der Waals surface area contributed by atoms with Crippen LogP contribution in [0.15, 0.2) is 41.3 Å². The topological polar surface area (TPSA) is 102 Å². The first-order chi connectivity index (χ1) is 12.8. The summed E-state index contributed by atoms with van der Waals surface area (Å²) in [6.07, 6.45) is -0.171. The molecule has 1 heterocycles. The van der Waals surface area contributed by atoms with E-state index in [1.54, 1.807) is 6.07 Å². The van der Waals surface area contributed by atoms with E-state index in [4.69, 9.17) is 4.74 Å². The Morgan fingerprint density at radius 3 is 2.78 bits per heavy atom. The molecule has 8 heteroatoms. The summed E-state index contributed by atoms with van der Waals surface area (Å²) in [4.78, 5) is 23.6. The van der Waals surface area contributed by atoms with Crippen molar-refractivity contribution in [3.05, 3.63) is 47.5 Å². The normalized spacial score (nSPS) is 13.3. The number of hydrogen-bond acceptors (Lipinski definition) is 5. The molecule has 2 N–H and O–H groups in total. The van der Waals surface area contributed by atoms with Gasteiger partial charge in [-0.25, -0.2) is 8.42 Å². The van der Waals surface area contributed by atoms with Crippen LogP contribution in [0.25, 0.3) is 0 Å². The zero-order chi connectivity index (χ0) is 19.6. The van der Waals surface area contributed by atoms with Crippen LogP contribution in [-0.4, -0.2) is 32.6 Å². The maximum absolute atomic E-state index is 12.5. The van der Waals surface area contributed by atoms with E-state index in [2.05, 4.69) is 10.6 Å². The fourth-order valence-electron chi connectivity index (χ4n) is 2.70. The smallest absolute Gasteiger partial charge is 0.262 e. The molecule has 7 nitrogen and oxygen atoms in total. The molecule has 0 radical (unpaired) electrons. The number of rotatable bonds is 5. The average Bonchev–Trinajstić information content (AvgIpc) is 2.63. The molecule has 0 aliphatic carbocycles. The van der Waals surface area contributed by atoms with Crippen molar-refractivity contribution in [1.82, 2.24) is 0 Å². The molecule has 0 saturated heterocycles. The molecule has 0 aromatic heterocycles. The van der Waals surface area contributed by atoms with Crippen molar-refractivity contribution in [3.63, 3.8) is 0 Å². The maximum Gasteiger partial charge on any atom is 0.262 e. The minimum Gasteiger partial charge on any atom is -0.482 e. The molecule has 3 rings (SSSR count). The van der Waals surface area contributed by atoms with Crippen LogP contribution in [0.3, 0.4) is 0 Å². The summed E-state index contributed by atoms with van der Waals surface area (Å²) in [6.45, 7) is 3.73. The standard InChI is InChI=1S/C19H20N2O5S/c1-12-4-3-5-15(13(12)2)20-18(22)8-9-27(24,25)14-6-7-17-16(10-14)21-19(23)11-26-17/h3-7,10H,8-9,11H2,1-2H3,(H,20,22)(H,21,23). The Morgan fingerprint density at radius 1 is 1.22 bits per heavy atom. The number of ether oxygens (including phenoxy) is 1. The van der Waals surface area contributed by atoms with E-state index in [-0.39, 0.29) is 35.5 Å². The summed E-state index contributed by atoms with van der Waals surface area (Å²) in [5.74, 6) is -0.634. The first-order valence-electron chi connectivity index (χ1n) is 8.42. The quantitative estimate of drug-likeness (QED) is 0.819. The van der Waals surface area contributed by atoms with Gasteiger partial charge in [0.25, 0.3) is 5.91 Å². The highest BCUT2D eigenvalue weighted by Gasteiger charge is 2.22. The van der Waals surface area contributed by atoms with E-state index in [9.17, 15) is 18.0 Å². The van der Waals surface area contributed by atoms with Crippen LogP contribution in [0.1, 0.15) is 17.5 Å². The lowest BCUT2D eigenvalue weighted by molar-refractivity contribution is -0.118. The fraction of sp³-hybridized carbons (Fsp3) is 0.263. The highest BCUT2D eigenvalue weighted by Crippen LogP contribution is 2.30. The van der Waals surface area contributed by atoms with Gasteiger partial charge >= 0.3 is 0 Å². The molecule has 2 aromatic carbocycles. The molecule has 0 saturated carbocycles. The third-order valence-corrected chi connectivity index (χ3v) is 6.13. The van der Waals surface area contributed by atoms with Gasteiger partial charge in [0.1, 0.15) is 5.75 Å². The van der Waals surface area contributed by atoms with Gasteiger partial charge in [-0.05, 0) is 49.2 Å². The fourth-order valence-corrected chi connectivity index (χ4v) is 3.96. The van der Waals surface area contributed by atoms with Crippen LogP contribution < -0.4 is 15.4 Å². The van der Waals surface area contributed by atoms with E-state index in [1.807, 2.05) is 26.0 Å². The van der Waals surface area contributed by atoms with Crippen molar-refractivity contribution < 1.29 is 22.7 Å². The van der Waals surface area contributed by atoms with Gasteiger partial charge in [-0.15, -0.1) is 0 Å². The Morgan fingerprint density at radius 2 is 2.00 bits per heavy atom. The first kappa shape index (κ1) is 18.9. The summed E-state index contributed by atoms with van der Waals surface area (Å²) >= 11 is 0. The van der Waals surface area contributed by atoms with Crippen LogP contribution in [-0.2, 0) is 19.4 Å². The number of aryl methyl sites for hydroxylation is 1. The van der Waals surface area contributed by atoms with Crippen molar-refractivity contribution in [2.75, 3.05) is 23.0 Å². The van der Waals surface area contributed by atoms with Crippen LogP contribution in [0.2, 0.25) is 0 Å². The molecular formula is C19H20N2O5S. The average molecular weight is 388 g/mol. The van der Waals surface area contributed by atoms with Gasteiger partial charge < -0.3 is 15.4 Å². The van der Waals surface area contributed by atoms with Gasteiger partial charge in [0.15, 0.2) is 16.4 Å². The Hall–Kier alpha value is -2.87. The molecule has 2 aromatic rings. The Bertz CT molecular complexity index is 1010. The van der Waals surface area contributed by atoms with Crippen molar-refractivity contribution in [2.24, 2.45) is 0 Å². The number of amides is 2. The summed E-state index contributed by atoms with van der Waals surface area (Å²) in [5.41, 5.74) is 2.97. The monoisotopic (exact) mass is 388 g/mol. The third-order valence-electron chi connectivity index (χ3n) is 4.42. The van der Waals surface area contributed by atoms with Gasteiger partial charge in [0, 0.05) is 12.1 Å². The summed E-state index contributed by atoms with van der Waals surface area (Å²) in [6, 6.07) is 9.81. The lowest BCUT2D eigenvalue weighted by atomic mass is 10.1. The van der Waals surface area contributed by atoms with Gasteiger partial charge in [-0.2, -0.15) is 0 Å². The predicted molar refractivity (Wildman–Crippen MR) is 102 cm³/mol. The van der Waals surface area contributed by atoms with Crippen molar-refractivity contribution in [3.8, 4) is 5.75 Å². The first-order valence-corrected chi connectivity index (χ1v) is 10.1. The number of anilines is 2. The molecule has 0 unspecified atom stereocenters. The molecule has 0 fully saturated rings. The number of fused-ring (bicyclic) bond motifs is 1. The van der Waals surface area contributed by atoms with Gasteiger partial charge in [0.2, 0.25) is 5.91 Å². The number of sulfone groups is 1. The molecule has 0 spiro atoms. The number of hydrogen-bond donors (Lipinski definition) is 2. The summed E-state index contributed by atoms with van der Waals surface area (Å²) in [5, 5.41) is 5.32. The van der Waals surface area contributed by atoms with Crippen LogP contribution in [0, 0.1) is 13.8 Å². The van der Waals surface area contributed by atoms with E-state index >= 15 is 0 Å². The van der Waals surface area contributed by atoms with E-state index in [0.29, 0.717) is 17.1 Å². The molecule has 142 valence electrons. The number of carbonyl (C=O) groups excluding carboxylic acids is 2. The molecule has 27 heavy (non-hydrogen) atoms. The SMILES string of the molecule is Cc1cccc(NC(=O)CCS(=O)(=O)c2ccc3c(c2)NC(=O)CO3)c1C. The number of nitrogens with one attached hydrogen (secondary N) is 2. The van der Waals surface area contributed by atoms with E-state index in [1.165, 1.54) is 18.2 Å². The summed E-state index contributed by atoms with van der Waals surface area (Å²) < 4.78 is 30.3. The highest BCUT2D eigenvalue weighted by atomic mass is 32.2. The highest BCUT2D eigenvalue weighted by molar-refractivity contribution is 7.91. The van der Waals surface area contributed by atoms with Gasteiger partial charge in [-0.1, -0.05) is 12.1 Å². The second kappa shape index (κ2) is 7.40. The zero-order valence-electron chi connectivity index (χ0n) is 15.0. The maximum atomic E-state index is 12.5. The van der Waals surface area contributed by atoms with Crippen molar-refractivity contribution >= 4 is 33.0 Å². The van der Waals surface area contributed by atoms with E-state index < -0.39 is 9.84 Å². The van der Waals surface area contributed by atoms with Crippen LogP contribution in [0.5, 0.6) is 5.75 Å². The second-order valence-corrected chi connectivity index (χ2v) is 8.47. The van der Waals surface area contributed by atoms with Crippen LogP contribution in [0.4, 0.5) is 11.4 Å². The molecular weight excluding hydrogens is 368 g/mol. The van der Waals surface area contributed by atoms with Gasteiger partial charge in [-0.3, -0.25) is 9.59 Å². The Balaban J connectivity index is 1.68. The Labute approximate surface area is 157 Å². The van der Waals surface area contributed by atoms with Crippen molar-refractivity contribution in [2.45, 2.75) is 25.2 Å². The second-order valence-electron chi connectivity index (χ2n) is 6.36. The van der Waals surface area contributed by atoms with Gasteiger partial charge in [0.05, 0.1) is 16.3 Å². The van der Waals surface area contributed by atoms with Crippen LogP contribution >= 0.6 is 0 Å². The predicted octanol–water partition coefficient (Wildman–Crippen LogP) is 2.44. The number of benzene rings is 2. The molecule has 0 atom stereocenters. The number of carbonyl (C=O) groups is 2. The lowest BCUT2D eigenvalue weighted by Gasteiger charge is -2.18. The Kier molecular flexibility index (Phi) is 5.18. The minimum atomic E-state index is -3.68. The molecule has 1 aliphatic heterocycles. The van der Waals surface area contributed by atoms with E-state index in [0.717, 1.165) is 11.1 Å². The molecule has 2 amide bonds. The summed E-state index contributed by atoms with van der Waals surface area (Å²) in [7, 11) is -3.68. The zero-order valence-corrected chi connectivity index (χ0v) is 15.9. The largest absolute Gasteiger partial charge is 0.482 e. The molecule has 0 bridgehead atoms. The minimum absolute atomic E-state index is 0.0339. The lowest BCUT2D eigenvalue weighted by Crippen LogP contribution is -2.25.